The van der Waals surface area contributed by atoms with Crippen LogP contribution in [0.2, 0.25) is 0 Å². The van der Waals surface area contributed by atoms with Gasteiger partial charge in [0.15, 0.2) is 0 Å². The molecule has 0 aliphatic heterocycles. The molecule has 2 aromatic rings. The van der Waals surface area contributed by atoms with E-state index >= 15 is 0 Å². The molecule has 0 saturated heterocycles. The van der Waals surface area contributed by atoms with Crippen LogP contribution in [0.5, 0.6) is 0 Å². The van der Waals surface area contributed by atoms with Crippen LogP contribution >= 0.6 is 0 Å². The molecule has 3 heteroatoms. The third kappa shape index (κ3) is 1.46. The fourth-order valence-electron chi connectivity index (χ4n) is 1.67. The monoisotopic (exact) mass is 190 g/mol. The van der Waals surface area contributed by atoms with Gasteiger partial charge in [0.25, 0.3) is 0 Å². The quantitative estimate of drug-likeness (QED) is 0.689. The van der Waals surface area contributed by atoms with Gasteiger partial charge in [-0.25, -0.2) is 0 Å². The standard InChI is InChI=1S/C11H14N2O/c12-11-8-4-1-2-5-9(8)13-10(11)6-3-7-14/h1-2,4-5,13-14H,3,6-7,12H2. The maximum atomic E-state index is 8.74. The second kappa shape index (κ2) is 3.72. The molecule has 1 aromatic heterocycles. The first-order valence-electron chi connectivity index (χ1n) is 4.79. The average molecular weight is 190 g/mol. The third-order valence-corrected chi connectivity index (χ3v) is 2.41. The van der Waals surface area contributed by atoms with E-state index in [0.29, 0.717) is 0 Å². The van der Waals surface area contributed by atoms with Crippen molar-refractivity contribution in [3.05, 3.63) is 30.0 Å². The van der Waals surface area contributed by atoms with E-state index in [1.807, 2.05) is 24.3 Å². The number of anilines is 1. The number of H-pyrrole nitrogens is 1. The highest BCUT2D eigenvalue weighted by Crippen LogP contribution is 2.25. The number of hydrogen-bond donors (Lipinski definition) is 3. The number of fused-ring (bicyclic) bond motifs is 1. The Kier molecular flexibility index (Phi) is 2.41. The maximum Gasteiger partial charge on any atom is 0.0605 e. The average Bonchev–Trinajstić information content (AvgIpc) is 2.54. The van der Waals surface area contributed by atoms with Gasteiger partial charge in [0, 0.05) is 23.2 Å². The van der Waals surface area contributed by atoms with Crippen LogP contribution in [-0.4, -0.2) is 16.7 Å². The topological polar surface area (TPSA) is 62.0 Å². The molecule has 0 aliphatic rings. The predicted molar refractivity (Wildman–Crippen MR) is 58.1 cm³/mol. The van der Waals surface area contributed by atoms with Gasteiger partial charge in [0.2, 0.25) is 0 Å². The normalized spacial score (nSPS) is 10.9. The highest BCUT2D eigenvalue weighted by molar-refractivity contribution is 5.93. The van der Waals surface area contributed by atoms with E-state index in [9.17, 15) is 0 Å². The Balaban J connectivity index is 2.41. The summed E-state index contributed by atoms with van der Waals surface area (Å²) >= 11 is 0. The van der Waals surface area contributed by atoms with E-state index in [1.165, 1.54) is 0 Å². The van der Waals surface area contributed by atoms with Crippen LogP contribution in [0.1, 0.15) is 12.1 Å². The van der Waals surface area contributed by atoms with Crippen molar-refractivity contribution in [2.75, 3.05) is 12.3 Å². The molecular formula is C11H14N2O. The molecule has 0 atom stereocenters. The fourth-order valence-corrected chi connectivity index (χ4v) is 1.67. The number of aromatic nitrogens is 1. The van der Waals surface area contributed by atoms with Crippen molar-refractivity contribution in [1.29, 1.82) is 0 Å². The summed E-state index contributed by atoms with van der Waals surface area (Å²) in [6.45, 7) is 0.203. The third-order valence-electron chi connectivity index (χ3n) is 2.41. The van der Waals surface area contributed by atoms with Gasteiger partial charge in [0.1, 0.15) is 0 Å². The number of para-hydroxylation sites is 1. The van der Waals surface area contributed by atoms with Gasteiger partial charge >= 0.3 is 0 Å². The van der Waals surface area contributed by atoms with E-state index in [2.05, 4.69) is 4.98 Å². The molecule has 1 aromatic carbocycles. The Morgan fingerprint density at radius 3 is 2.79 bits per heavy atom. The number of aliphatic hydroxyl groups excluding tert-OH is 1. The van der Waals surface area contributed by atoms with Crippen LogP contribution in [0.15, 0.2) is 24.3 Å². The van der Waals surface area contributed by atoms with Crippen LogP contribution in [0.4, 0.5) is 5.69 Å². The number of nitrogens with two attached hydrogens (primary N) is 1. The molecule has 2 rings (SSSR count). The molecule has 0 fully saturated rings. The van der Waals surface area contributed by atoms with Gasteiger partial charge in [-0.3, -0.25) is 0 Å². The zero-order chi connectivity index (χ0) is 9.97. The van der Waals surface area contributed by atoms with Gasteiger partial charge in [-0.05, 0) is 18.9 Å². The largest absolute Gasteiger partial charge is 0.397 e. The summed E-state index contributed by atoms with van der Waals surface area (Å²) in [5, 5.41) is 9.81. The highest BCUT2D eigenvalue weighted by atomic mass is 16.2. The van der Waals surface area contributed by atoms with Crippen LogP contribution in [0.25, 0.3) is 10.9 Å². The second-order valence-corrected chi connectivity index (χ2v) is 3.39. The summed E-state index contributed by atoms with van der Waals surface area (Å²) in [4.78, 5) is 3.26. The lowest BCUT2D eigenvalue weighted by Gasteiger charge is -1.96. The Morgan fingerprint density at radius 1 is 1.29 bits per heavy atom. The Labute approximate surface area is 82.6 Å². The zero-order valence-electron chi connectivity index (χ0n) is 7.96. The molecule has 1 heterocycles. The summed E-state index contributed by atoms with van der Waals surface area (Å²) in [7, 11) is 0. The number of aliphatic hydroxyl groups is 1. The van der Waals surface area contributed by atoms with Crippen molar-refractivity contribution in [3.63, 3.8) is 0 Å². The Hall–Kier alpha value is -1.48. The lowest BCUT2D eigenvalue weighted by atomic mass is 10.2. The number of nitrogens with one attached hydrogen (secondary N) is 1. The maximum absolute atomic E-state index is 8.74. The molecule has 3 nitrogen and oxygen atoms in total. The van der Waals surface area contributed by atoms with Gasteiger partial charge in [-0.15, -0.1) is 0 Å². The zero-order valence-corrected chi connectivity index (χ0v) is 7.96. The summed E-state index contributed by atoms with van der Waals surface area (Å²) in [5.74, 6) is 0. The lowest BCUT2D eigenvalue weighted by molar-refractivity contribution is 0.288. The van der Waals surface area contributed by atoms with Gasteiger partial charge < -0.3 is 15.8 Å². The van der Waals surface area contributed by atoms with Gasteiger partial charge in [-0.1, -0.05) is 18.2 Å². The molecule has 4 N–H and O–H groups in total. The minimum absolute atomic E-state index is 0.203. The van der Waals surface area contributed by atoms with Crippen molar-refractivity contribution >= 4 is 16.6 Å². The number of nitrogen functional groups attached to an aromatic ring is 1. The number of benzene rings is 1. The van der Waals surface area contributed by atoms with Gasteiger partial charge in [0.05, 0.1) is 5.69 Å². The van der Waals surface area contributed by atoms with E-state index in [-0.39, 0.29) is 6.61 Å². The molecule has 0 amide bonds. The summed E-state index contributed by atoms with van der Waals surface area (Å²) in [5.41, 5.74) is 8.88. The SMILES string of the molecule is Nc1c(CCCO)[nH]c2ccccc12. The fraction of sp³-hybridized carbons (Fsp3) is 0.273. The number of aryl methyl sites for hydroxylation is 1. The first-order valence-corrected chi connectivity index (χ1v) is 4.79. The number of hydrogen-bond acceptors (Lipinski definition) is 2. The van der Waals surface area contributed by atoms with Crippen LogP contribution < -0.4 is 5.73 Å². The van der Waals surface area contributed by atoms with Crippen molar-refractivity contribution in [2.24, 2.45) is 0 Å². The van der Waals surface area contributed by atoms with E-state index in [4.69, 9.17) is 10.8 Å². The van der Waals surface area contributed by atoms with Crippen LogP contribution in [-0.2, 0) is 6.42 Å². The van der Waals surface area contributed by atoms with E-state index in [0.717, 1.165) is 35.1 Å². The smallest absolute Gasteiger partial charge is 0.0605 e. The predicted octanol–water partition coefficient (Wildman–Crippen LogP) is 1.67. The molecule has 0 aliphatic carbocycles. The molecule has 0 saturated carbocycles. The van der Waals surface area contributed by atoms with Gasteiger partial charge in [-0.2, -0.15) is 0 Å². The van der Waals surface area contributed by atoms with Crippen molar-refractivity contribution in [3.8, 4) is 0 Å². The molecule has 74 valence electrons. The molecule has 14 heavy (non-hydrogen) atoms. The lowest BCUT2D eigenvalue weighted by Crippen LogP contribution is -1.94. The molecule has 0 unspecified atom stereocenters. The van der Waals surface area contributed by atoms with E-state index < -0.39 is 0 Å². The highest BCUT2D eigenvalue weighted by Gasteiger charge is 2.06. The van der Waals surface area contributed by atoms with Crippen molar-refractivity contribution in [2.45, 2.75) is 12.8 Å². The minimum atomic E-state index is 0.203. The molecule has 0 bridgehead atoms. The minimum Gasteiger partial charge on any atom is -0.397 e. The first kappa shape index (κ1) is 9.09. The Bertz CT molecular complexity index is 434. The summed E-state index contributed by atoms with van der Waals surface area (Å²) in [6.07, 6.45) is 1.55. The summed E-state index contributed by atoms with van der Waals surface area (Å²) < 4.78 is 0. The first-order chi connectivity index (χ1) is 6.83. The van der Waals surface area contributed by atoms with Crippen molar-refractivity contribution in [1.82, 2.24) is 4.98 Å². The number of rotatable bonds is 3. The van der Waals surface area contributed by atoms with E-state index in [1.54, 1.807) is 0 Å². The molecular weight excluding hydrogens is 176 g/mol. The second-order valence-electron chi connectivity index (χ2n) is 3.39. The van der Waals surface area contributed by atoms with Crippen molar-refractivity contribution < 1.29 is 5.11 Å². The Morgan fingerprint density at radius 2 is 2.07 bits per heavy atom. The van der Waals surface area contributed by atoms with Crippen LogP contribution in [0, 0.1) is 0 Å². The van der Waals surface area contributed by atoms with Crippen LogP contribution in [0.3, 0.4) is 0 Å². The molecule has 0 spiro atoms. The number of aromatic amines is 1. The molecule has 0 radical (unpaired) electrons. The summed E-state index contributed by atoms with van der Waals surface area (Å²) in [6, 6.07) is 7.97.